The topological polar surface area (TPSA) is 94.1 Å². The van der Waals surface area contributed by atoms with Crippen LogP contribution in [0.2, 0.25) is 0 Å². The van der Waals surface area contributed by atoms with E-state index in [9.17, 15) is 0 Å². The van der Waals surface area contributed by atoms with Gasteiger partial charge in [-0.3, -0.25) is 5.01 Å². The predicted octanol–water partition coefficient (Wildman–Crippen LogP) is 0.646. The van der Waals surface area contributed by atoms with Crippen LogP contribution in [-0.4, -0.2) is 44.3 Å². The largest absolute Gasteiger partial charge is 0.277 e. The number of hydrogen-bond donors (Lipinski definition) is 3. The van der Waals surface area contributed by atoms with Crippen molar-refractivity contribution in [1.29, 1.82) is 0 Å². The Morgan fingerprint density at radius 1 is 1.24 bits per heavy atom. The van der Waals surface area contributed by atoms with E-state index in [-0.39, 0.29) is 0 Å². The molecule has 1 aliphatic heterocycles. The van der Waals surface area contributed by atoms with E-state index in [0.717, 1.165) is 23.2 Å². The first-order valence-electron chi connectivity index (χ1n) is 4.47. The molecule has 94 valence electrons. The maximum atomic E-state index is 4.07. The number of aromatic nitrogens is 4. The number of aromatic amines is 1. The molecule has 8 nitrogen and oxygen atoms in total. The van der Waals surface area contributed by atoms with E-state index in [1.807, 2.05) is 12.1 Å². The van der Waals surface area contributed by atoms with Gasteiger partial charge in [0.05, 0.1) is 11.5 Å². The predicted molar refractivity (Wildman–Crippen MR) is 74.6 cm³/mol. The molecule has 0 saturated carbocycles. The summed E-state index contributed by atoms with van der Waals surface area (Å²) in [5.74, 6) is 3.29. The summed E-state index contributed by atoms with van der Waals surface area (Å²) in [6, 6.07) is 0. The van der Waals surface area contributed by atoms with Crippen LogP contribution in [0.25, 0.3) is 0 Å². The van der Waals surface area contributed by atoms with E-state index >= 15 is 0 Å². The fourth-order valence-corrected chi connectivity index (χ4v) is 6.49. The average Bonchev–Trinajstić information content (AvgIpc) is 2.95. The summed E-state index contributed by atoms with van der Waals surface area (Å²) < 4.78 is 0. The van der Waals surface area contributed by atoms with Gasteiger partial charge in [0.25, 0.3) is 0 Å². The Labute approximate surface area is 113 Å². The molecule has 1 aliphatic rings. The Morgan fingerprint density at radius 2 is 2.06 bits per heavy atom. The summed E-state index contributed by atoms with van der Waals surface area (Å²) in [7, 11) is 8.74. The molecule has 0 radical (unpaired) electrons. The third-order valence-corrected chi connectivity index (χ3v) is 7.86. The summed E-state index contributed by atoms with van der Waals surface area (Å²) in [5.41, 5.74) is 5.55. The summed E-state index contributed by atoms with van der Waals surface area (Å²) >= 11 is 0. The number of H-pyrrole nitrogens is 1. The minimum atomic E-state index is 0.724. The Hall–Kier alpha value is -0.300. The van der Waals surface area contributed by atoms with Gasteiger partial charge in [0.15, 0.2) is 11.7 Å². The molecule has 0 fully saturated rings. The average molecular weight is 310 g/mol. The maximum Gasteiger partial charge on any atom is 0.185 e. The molecule has 0 saturated heterocycles. The fourth-order valence-electron chi connectivity index (χ4n) is 0.870. The Bertz CT molecular complexity index is 355. The van der Waals surface area contributed by atoms with Crippen molar-refractivity contribution in [2.24, 2.45) is 5.10 Å². The van der Waals surface area contributed by atoms with E-state index in [0.29, 0.717) is 0 Å². The molecule has 0 spiro atoms. The van der Waals surface area contributed by atoms with Crippen molar-refractivity contribution in [1.82, 2.24) is 36.7 Å². The molecule has 0 atom stereocenters. The number of hydrogen-bond acceptors (Lipinski definition) is 11. The van der Waals surface area contributed by atoms with Crippen molar-refractivity contribution >= 4 is 47.1 Å². The molecular weight excluding hydrogens is 300 g/mol. The smallest absolute Gasteiger partial charge is 0.185 e. The van der Waals surface area contributed by atoms with Crippen molar-refractivity contribution in [2.45, 2.75) is 5.75 Å². The van der Waals surface area contributed by atoms with Crippen LogP contribution in [0, 0.1) is 0 Å². The Morgan fingerprint density at radius 3 is 2.71 bits per heavy atom. The standard InChI is InChI=1S/C5H10N8S4/c1-13-5(8-11-12-13)3-15-17-16-14-2-4-6-9-10-7-4/h11-12H,2-3H2,1H3,(H,6,7,9,10). The van der Waals surface area contributed by atoms with Crippen molar-refractivity contribution < 1.29 is 0 Å². The highest BCUT2D eigenvalue weighted by Gasteiger charge is 2.11. The van der Waals surface area contributed by atoms with Gasteiger partial charge >= 0.3 is 0 Å². The highest BCUT2D eigenvalue weighted by atomic mass is 33.7. The number of nitrogens with zero attached hydrogens (tertiary/aromatic N) is 5. The molecule has 0 bridgehead atoms. The van der Waals surface area contributed by atoms with Gasteiger partial charge in [0, 0.05) is 7.05 Å². The van der Waals surface area contributed by atoms with Gasteiger partial charge < -0.3 is 0 Å². The lowest BCUT2D eigenvalue weighted by atomic mass is 10.7. The van der Waals surface area contributed by atoms with Crippen LogP contribution in [0.1, 0.15) is 5.82 Å². The Kier molecular flexibility index (Phi) is 5.57. The first kappa shape index (κ1) is 13.1. The zero-order chi connectivity index (χ0) is 11.9. The van der Waals surface area contributed by atoms with E-state index in [1.165, 1.54) is 0 Å². The normalized spacial score (nSPS) is 14.9. The van der Waals surface area contributed by atoms with Gasteiger partial charge in [-0.2, -0.15) is 5.21 Å². The van der Waals surface area contributed by atoms with Crippen LogP contribution < -0.4 is 11.1 Å². The minimum Gasteiger partial charge on any atom is -0.277 e. The van der Waals surface area contributed by atoms with E-state index in [2.05, 4.69) is 36.8 Å². The van der Waals surface area contributed by atoms with Crippen LogP contribution in [0.15, 0.2) is 5.10 Å². The quantitative estimate of drug-likeness (QED) is 0.492. The van der Waals surface area contributed by atoms with E-state index in [1.54, 1.807) is 41.2 Å². The summed E-state index contributed by atoms with van der Waals surface area (Å²) in [6.07, 6.45) is 0. The molecule has 2 heterocycles. The molecule has 0 amide bonds. The molecule has 12 heteroatoms. The second kappa shape index (κ2) is 7.20. The number of hydrazine groups is 2. The maximum absolute atomic E-state index is 4.07. The first-order chi connectivity index (χ1) is 8.36. The van der Waals surface area contributed by atoms with Crippen LogP contribution in [0.4, 0.5) is 0 Å². The number of rotatable bonds is 7. The molecule has 0 unspecified atom stereocenters. The molecule has 1 aromatic heterocycles. The van der Waals surface area contributed by atoms with Gasteiger partial charge in [-0.25, -0.2) is 5.53 Å². The summed E-state index contributed by atoms with van der Waals surface area (Å²) in [5, 5.41) is 19.6. The number of amidine groups is 1. The zero-order valence-corrected chi connectivity index (χ0v) is 12.0. The van der Waals surface area contributed by atoms with Gasteiger partial charge in [-0.1, -0.05) is 26.8 Å². The van der Waals surface area contributed by atoms with Crippen LogP contribution >= 0.6 is 41.2 Å². The fraction of sp³-hybridized carbons (Fsp3) is 0.600. The second-order valence-corrected chi connectivity index (χ2v) is 8.80. The van der Waals surface area contributed by atoms with Crippen molar-refractivity contribution in [3.05, 3.63) is 5.82 Å². The lowest BCUT2D eigenvalue weighted by Gasteiger charge is -2.10. The molecule has 0 aliphatic carbocycles. The molecule has 1 aromatic rings. The number of tetrazole rings is 1. The highest BCUT2D eigenvalue weighted by molar-refractivity contribution is 9.26. The van der Waals surface area contributed by atoms with E-state index in [4.69, 9.17) is 0 Å². The van der Waals surface area contributed by atoms with Gasteiger partial charge in [0.1, 0.15) is 0 Å². The number of hydrazone groups is 1. The van der Waals surface area contributed by atoms with Crippen LogP contribution in [0.3, 0.4) is 0 Å². The highest BCUT2D eigenvalue weighted by Crippen LogP contribution is 2.43. The lowest BCUT2D eigenvalue weighted by Crippen LogP contribution is -2.37. The monoisotopic (exact) mass is 310 g/mol. The van der Waals surface area contributed by atoms with Crippen molar-refractivity contribution in [3.8, 4) is 0 Å². The van der Waals surface area contributed by atoms with Gasteiger partial charge in [0.2, 0.25) is 0 Å². The van der Waals surface area contributed by atoms with Crippen LogP contribution in [-0.2, 0) is 5.75 Å². The Balaban J connectivity index is 1.49. The first-order valence-corrected chi connectivity index (χ1v) is 9.63. The van der Waals surface area contributed by atoms with E-state index < -0.39 is 0 Å². The molecule has 2 rings (SSSR count). The third kappa shape index (κ3) is 4.46. The third-order valence-electron chi connectivity index (χ3n) is 1.68. The molecular formula is C5H10N8S4. The molecule has 0 aromatic carbocycles. The van der Waals surface area contributed by atoms with Crippen molar-refractivity contribution in [2.75, 3.05) is 12.8 Å². The van der Waals surface area contributed by atoms with Crippen LogP contribution in [0.5, 0.6) is 0 Å². The zero-order valence-electron chi connectivity index (χ0n) is 8.78. The molecule has 17 heavy (non-hydrogen) atoms. The van der Waals surface area contributed by atoms with Gasteiger partial charge in [-0.05, 0) is 19.7 Å². The minimum absolute atomic E-state index is 0.724. The second-order valence-electron chi connectivity index (χ2n) is 2.80. The summed E-state index contributed by atoms with van der Waals surface area (Å²) in [6.45, 7) is 0. The SMILES string of the molecule is CN1NNN=C1CSSSSCc1nn[nH]n1. The number of nitrogens with one attached hydrogen (secondary N) is 3. The molecule has 3 N–H and O–H groups in total. The lowest BCUT2D eigenvalue weighted by molar-refractivity contribution is 0.348. The summed E-state index contributed by atoms with van der Waals surface area (Å²) in [4.78, 5) is 0. The van der Waals surface area contributed by atoms with Crippen molar-refractivity contribution in [3.63, 3.8) is 0 Å². The van der Waals surface area contributed by atoms with Gasteiger partial charge in [-0.15, -0.1) is 20.8 Å².